The van der Waals surface area contributed by atoms with Crippen LogP contribution < -0.4 is 0 Å². The monoisotopic (exact) mass is 540 g/mol. The zero-order chi connectivity index (χ0) is 28.6. The summed E-state index contributed by atoms with van der Waals surface area (Å²) in [5.41, 5.74) is 0. The van der Waals surface area contributed by atoms with Crippen molar-refractivity contribution in [3.8, 4) is 0 Å². The fraction of sp³-hybridized carbons (Fsp3) is 0.903. The first-order valence-corrected chi connectivity index (χ1v) is 15.4. The molecule has 224 valence electrons. The highest BCUT2D eigenvalue weighted by atomic mass is 16.5. The highest BCUT2D eigenvalue weighted by molar-refractivity contribution is 5.76. The van der Waals surface area contributed by atoms with Crippen LogP contribution in [0.3, 0.4) is 0 Å². The maximum Gasteiger partial charge on any atom is 0.305 e. The summed E-state index contributed by atoms with van der Waals surface area (Å²) in [6.07, 6.45) is 13.2. The molecule has 0 aromatic carbocycles. The Hall–Kier alpha value is -1.63. The summed E-state index contributed by atoms with van der Waals surface area (Å²) in [4.78, 5) is 40.9. The number of hydrogen-bond acceptors (Lipinski definition) is 6. The van der Waals surface area contributed by atoms with Crippen LogP contribution in [0.25, 0.3) is 0 Å². The molecular weight excluding hydrogens is 480 g/mol. The second-order valence-corrected chi connectivity index (χ2v) is 11.6. The molecule has 0 saturated heterocycles. The van der Waals surface area contributed by atoms with E-state index in [1.54, 1.807) is 4.90 Å². The number of carbonyl (C=O) groups excluding carboxylic acids is 3. The van der Waals surface area contributed by atoms with Crippen LogP contribution in [0.4, 0.5) is 0 Å². The topological polar surface area (TPSA) is 76.2 Å². The van der Waals surface area contributed by atoms with E-state index in [0.717, 1.165) is 63.3 Å². The first-order valence-electron chi connectivity index (χ1n) is 15.4. The zero-order valence-corrected chi connectivity index (χ0v) is 25.7. The normalized spacial score (nSPS) is 11.4. The van der Waals surface area contributed by atoms with Gasteiger partial charge >= 0.3 is 11.9 Å². The van der Waals surface area contributed by atoms with Crippen LogP contribution in [0.15, 0.2) is 0 Å². The lowest BCUT2D eigenvalue weighted by atomic mass is 10.0. The molecule has 0 spiro atoms. The Morgan fingerprint density at radius 1 is 0.605 bits per heavy atom. The maximum atomic E-state index is 12.9. The first kappa shape index (κ1) is 36.4. The molecule has 0 N–H and O–H groups in total. The summed E-state index contributed by atoms with van der Waals surface area (Å²) in [7, 11) is 2.01. The number of unbranched alkanes of at least 4 members (excludes halogenated alkanes) is 6. The highest BCUT2D eigenvalue weighted by Crippen LogP contribution is 2.12. The van der Waals surface area contributed by atoms with Gasteiger partial charge in [0.2, 0.25) is 5.91 Å². The Bertz CT molecular complexity index is 571. The molecule has 38 heavy (non-hydrogen) atoms. The van der Waals surface area contributed by atoms with Crippen LogP contribution in [0.5, 0.6) is 0 Å². The number of hydrogen-bond donors (Lipinski definition) is 0. The zero-order valence-electron chi connectivity index (χ0n) is 25.7. The molecule has 0 atom stereocenters. The van der Waals surface area contributed by atoms with Gasteiger partial charge in [0.25, 0.3) is 0 Å². The smallest absolute Gasteiger partial charge is 0.305 e. The van der Waals surface area contributed by atoms with Gasteiger partial charge in [-0.15, -0.1) is 0 Å². The molecule has 0 radical (unpaired) electrons. The number of rotatable bonds is 25. The molecule has 0 aromatic rings. The molecule has 0 aliphatic carbocycles. The number of carbonyl (C=O) groups is 3. The molecule has 0 aliphatic heterocycles. The summed E-state index contributed by atoms with van der Waals surface area (Å²) < 4.78 is 10.8. The number of ether oxygens (including phenoxy) is 2. The van der Waals surface area contributed by atoms with E-state index in [-0.39, 0.29) is 31.1 Å². The maximum absolute atomic E-state index is 12.9. The average molecular weight is 541 g/mol. The Morgan fingerprint density at radius 3 is 1.47 bits per heavy atom. The van der Waals surface area contributed by atoms with Crippen molar-refractivity contribution in [2.75, 3.05) is 46.4 Å². The van der Waals surface area contributed by atoms with E-state index in [2.05, 4.69) is 39.5 Å². The van der Waals surface area contributed by atoms with Crippen LogP contribution in [0.1, 0.15) is 125 Å². The SMILES string of the molecule is CCCN(C)CCC(=O)N(CCOC(=O)CCCCCCC(C)C)CCOC(=O)CCCCCCC(C)C. The standard InChI is InChI=1S/C31H60N2O5/c1-7-21-32(6)22-20-29(34)33(23-25-37-30(35)18-14-10-8-12-16-27(2)3)24-26-38-31(36)19-15-11-9-13-17-28(4)5/h27-28H,7-26H2,1-6H3. The first-order chi connectivity index (χ1) is 18.1. The predicted octanol–water partition coefficient (Wildman–Crippen LogP) is 6.63. The minimum atomic E-state index is -0.205. The van der Waals surface area contributed by atoms with Gasteiger partial charge in [0, 0.05) is 25.8 Å². The van der Waals surface area contributed by atoms with Crippen molar-refractivity contribution in [1.82, 2.24) is 9.80 Å². The lowest BCUT2D eigenvalue weighted by molar-refractivity contribution is -0.147. The summed E-state index contributed by atoms with van der Waals surface area (Å²) in [6.45, 7) is 13.7. The Labute approximate surface area is 234 Å². The van der Waals surface area contributed by atoms with Gasteiger partial charge in [-0.05, 0) is 44.7 Å². The van der Waals surface area contributed by atoms with Crippen LogP contribution in [-0.4, -0.2) is 74.1 Å². The molecule has 1 amide bonds. The van der Waals surface area contributed by atoms with Crippen LogP contribution in [-0.2, 0) is 23.9 Å². The third-order valence-corrected chi connectivity index (χ3v) is 6.74. The molecular formula is C31H60N2O5. The fourth-order valence-corrected chi connectivity index (χ4v) is 4.33. The van der Waals surface area contributed by atoms with E-state index < -0.39 is 0 Å². The van der Waals surface area contributed by atoms with Gasteiger partial charge in [-0.3, -0.25) is 14.4 Å². The Kier molecular flexibility index (Phi) is 23.4. The van der Waals surface area contributed by atoms with Crippen molar-refractivity contribution < 1.29 is 23.9 Å². The lowest BCUT2D eigenvalue weighted by Crippen LogP contribution is -2.39. The number of amides is 1. The summed E-state index contributed by atoms with van der Waals surface area (Å²) in [6, 6.07) is 0. The van der Waals surface area contributed by atoms with Crippen molar-refractivity contribution in [3.05, 3.63) is 0 Å². The van der Waals surface area contributed by atoms with E-state index in [9.17, 15) is 14.4 Å². The molecule has 0 aromatic heterocycles. The molecule has 0 bridgehead atoms. The minimum absolute atomic E-state index is 0.00430. The second-order valence-electron chi connectivity index (χ2n) is 11.6. The predicted molar refractivity (Wildman–Crippen MR) is 156 cm³/mol. The van der Waals surface area contributed by atoms with Gasteiger partial charge in [0.15, 0.2) is 0 Å². The van der Waals surface area contributed by atoms with Gasteiger partial charge in [-0.2, -0.15) is 0 Å². The largest absolute Gasteiger partial charge is 0.464 e. The van der Waals surface area contributed by atoms with E-state index in [1.165, 1.54) is 25.7 Å². The Balaban J connectivity index is 4.36. The van der Waals surface area contributed by atoms with Crippen LogP contribution in [0, 0.1) is 11.8 Å². The van der Waals surface area contributed by atoms with Crippen molar-refractivity contribution in [2.24, 2.45) is 11.8 Å². The van der Waals surface area contributed by atoms with Crippen molar-refractivity contribution >= 4 is 17.8 Å². The molecule has 7 heteroatoms. The highest BCUT2D eigenvalue weighted by Gasteiger charge is 2.16. The van der Waals surface area contributed by atoms with Crippen molar-refractivity contribution in [3.63, 3.8) is 0 Å². The van der Waals surface area contributed by atoms with Crippen molar-refractivity contribution in [2.45, 2.75) is 125 Å². The Morgan fingerprint density at radius 2 is 1.05 bits per heavy atom. The van der Waals surface area contributed by atoms with E-state index >= 15 is 0 Å². The summed E-state index contributed by atoms with van der Waals surface area (Å²) in [5.74, 6) is 1.04. The van der Waals surface area contributed by atoms with E-state index in [0.29, 0.717) is 38.9 Å². The third kappa shape index (κ3) is 23.5. The molecule has 0 heterocycles. The van der Waals surface area contributed by atoms with Crippen LogP contribution in [0.2, 0.25) is 0 Å². The van der Waals surface area contributed by atoms with Gasteiger partial charge in [0.1, 0.15) is 13.2 Å². The summed E-state index contributed by atoms with van der Waals surface area (Å²) in [5, 5.41) is 0. The number of nitrogens with zero attached hydrogens (tertiary/aromatic N) is 2. The van der Waals surface area contributed by atoms with Gasteiger partial charge in [0.05, 0.1) is 13.1 Å². The van der Waals surface area contributed by atoms with Gasteiger partial charge in [-0.25, -0.2) is 0 Å². The van der Waals surface area contributed by atoms with Crippen LogP contribution >= 0.6 is 0 Å². The van der Waals surface area contributed by atoms with Gasteiger partial charge in [-0.1, -0.05) is 86.0 Å². The number of esters is 2. The molecule has 7 nitrogen and oxygen atoms in total. The van der Waals surface area contributed by atoms with Crippen molar-refractivity contribution in [1.29, 1.82) is 0 Å². The average Bonchev–Trinajstić information content (AvgIpc) is 2.85. The van der Waals surface area contributed by atoms with Gasteiger partial charge < -0.3 is 19.3 Å². The summed E-state index contributed by atoms with van der Waals surface area (Å²) >= 11 is 0. The molecule has 0 unspecified atom stereocenters. The molecule has 0 rings (SSSR count). The fourth-order valence-electron chi connectivity index (χ4n) is 4.33. The minimum Gasteiger partial charge on any atom is -0.464 e. The van der Waals surface area contributed by atoms with E-state index in [1.807, 2.05) is 7.05 Å². The quantitative estimate of drug-likeness (QED) is 0.0956. The molecule has 0 saturated carbocycles. The molecule has 0 fully saturated rings. The second kappa shape index (κ2) is 24.4. The van der Waals surface area contributed by atoms with E-state index in [4.69, 9.17) is 9.47 Å². The third-order valence-electron chi connectivity index (χ3n) is 6.74. The molecule has 0 aliphatic rings. The lowest BCUT2D eigenvalue weighted by Gasteiger charge is -2.24.